The first-order valence-electron chi connectivity index (χ1n) is 10.1. The zero-order valence-electron chi connectivity index (χ0n) is 17.4. The van der Waals surface area contributed by atoms with Gasteiger partial charge in [0, 0.05) is 18.8 Å². The first kappa shape index (κ1) is 21.8. The Hall–Kier alpha value is -2.93. The van der Waals surface area contributed by atoms with E-state index in [2.05, 4.69) is 0 Å². The van der Waals surface area contributed by atoms with Gasteiger partial charge in [-0.05, 0) is 61.2 Å². The summed E-state index contributed by atoms with van der Waals surface area (Å²) in [6.45, 7) is 3.03. The molecule has 0 unspecified atom stereocenters. The maximum atomic E-state index is 13.2. The third-order valence-corrected chi connectivity index (χ3v) is 5.04. The van der Waals surface area contributed by atoms with Crippen molar-refractivity contribution in [1.29, 1.82) is 0 Å². The summed E-state index contributed by atoms with van der Waals surface area (Å²) >= 11 is 0. The lowest BCUT2D eigenvalue weighted by Crippen LogP contribution is -2.44. The number of carbonyl (C=O) groups is 2. The Bertz CT molecular complexity index is 885. The molecule has 3 rings (SSSR count). The van der Waals surface area contributed by atoms with Crippen LogP contribution in [0.5, 0.6) is 5.75 Å². The maximum absolute atomic E-state index is 13.2. The van der Waals surface area contributed by atoms with E-state index >= 15 is 0 Å². The summed E-state index contributed by atoms with van der Waals surface area (Å²) in [5, 5.41) is 0. The highest BCUT2D eigenvalue weighted by Crippen LogP contribution is 2.30. The predicted molar refractivity (Wildman–Crippen MR) is 112 cm³/mol. The van der Waals surface area contributed by atoms with E-state index in [-0.39, 0.29) is 31.4 Å². The average molecular weight is 414 g/mol. The van der Waals surface area contributed by atoms with Crippen molar-refractivity contribution in [3.63, 3.8) is 0 Å². The van der Waals surface area contributed by atoms with Crippen molar-refractivity contribution in [3.8, 4) is 5.75 Å². The lowest BCUT2D eigenvalue weighted by molar-refractivity contribution is -0.144. The van der Waals surface area contributed by atoms with Gasteiger partial charge in [0.15, 0.2) is 0 Å². The SMILES string of the molecule is CCOC(=O)CN(CC(=O)N1CCCc2cc(OC)ccc21)Cc1ccc(F)cc1. The molecule has 160 valence electrons. The molecule has 7 heteroatoms. The van der Waals surface area contributed by atoms with Gasteiger partial charge in [-0.2, -0.15) is 0 Å². The van der Waals surface area contributed by atoms with Crippen molar-refractivity contribution < 1.29 is 23.5 Å². The lowest BCUT2D eigenvalue weighted by atomic mass is 10.0. The molecular formula is C23H27FN2O4. The van der Waals surface area contributed by atoms with E-state index < -0.39 is 5.97 Å². The van der Waals surface area contributed by atoms with Crippen molar-refractivity contribution in [2.45, 2.75) is 26.3 Å². The van der Waals surface area contributed by atoms with Crippen LogP contribution < -0.4 is 9.64 Å². The van der Waals surface area contributed by atoms with Crippen molar-refractivity contribution in [1.82, 2.24) is 4.90 Å². The minimum Gasteiger partial charge on any atom is -0.497 e. The third-order valence-electron chi connectivity index (χ3n) is 5.04. The van der Waals surface area contributed by atoms with Gasteiger partial charge in [-0.15, -0.1) is 0 Å². The number of benzene rings is 2. The largest absolute Gasteiger partial charge is 0.497 e. The number of aryl methyl sites for hydroxylation is 1. The second-order valence-corrected chi connectivity index (χ2v) is 7.22. The van der Waals surface area contributed by atoms with Gasteiger partial charge in [0.1, 0.15) is 11.6 Å². The van der Waals surface area contributed by atoms with Gasteiger partial charge in [0.25, 0.3) is 0 Å². The molecule has 30 heavy (non-hydrogen) atoms. The molecule has 0 atom stereocenters. The number of carbonyl (C=O) groups excluding carboxylic acids is 2. The normalized spacial score (nSPS) is 13.1. The number of amides is 1. The standard InChI is InChI=1S/C23H27FN2O4/c1-3-30-23(28)16-25(14-17-6-8-19(24)9-7-17)15-22(27)26-12-4-5-18-13-20(29-2)10-11-21(18)26/h6-11,13H,3-5,12,14-16H2,1-2H3. The first-order chi connectivity index (χ1) is 14.5. The van der Waals surface area contributed by atoms with E-state index in [0.29, 0.717) is 13.1 Å². The molecule has 0 N–H and O–H groups in total. The third kappa shape index (κ3) is 5.57. The van der Waals surface area contributed by atoms with E-state index in [4.69, 9.17) is 9.47 Å². The molecule has 6 nitrogen and oxygen atoms in total. The molecule has 2 aromatic rings. The van der Waals surface area contributed by atoms with E-state index in [1.54, 1.807) is 36.0 Å². The molecule has 0 saturated carbocycles. The smallest absolute Gasteiger partial charge is 0.320 e. The Morgan fingerprint density at radius 1 is 1.13 bits per heavy atom. The number of fused-ring (bicyclic) bond motifs is 1. The Kier molecular flexibility index (Phi) is 7.41. The fourth-order valence-corrected chi connectivity index (χ4v) is 3.64. The number of methoxy groups -OCH3 is 1. The first-order valence-corrected chi connectivity index (χ1v) is 10.1. The van der Waals surface area contributed by atoms with Crippen molar-refractivity contribution in [2.24, 2.45) is 0 Å². The molecule has 1 heterocycles. The highest BCUT2D eigenvalue weighted by atomic mass is 19.1. The fraction of sp³-hybridized carbons (Fsp3) is 0.391. The number of hydrogen-bond acceptors (Lipinski definition) is 5. The molecule has 1 aliphatic rings. The number of nitrogens with zero attached hydrogens (tertiary/aromatic N) is 2. The van der Waals surface area contributed by atoms with Gasteiger partial charge in [-0.25, -0.2) is 4.39 Å². The van der Waals surface area contributed by atoms with Gasteiger partial charge in [-0.1, -0.05) is 12.1 Å². The van der Waals surface area contributed by atoms with Gasteiger partial charge in [0.05, 0.1) is 26.8 Å². The van der Waals surface area contributed by atoms with Crippen molar-refractivity contribution >= 4 is 17.6 Å². The number of hydrogen-bond donors (Lipinski definition) is 0. The van der Waals surface area contributed by atoms with Crippen LogP contribution >= 0.6 is 0 Å². The zero-order chi connectivity index (χ0) is 21.5. The average Bonchev–Trinajstić information content (AvgIpc) is 2.74. The molecular weight excluding hydrogens is 387 g/mol. The van der Waals surface area contributed by atoms with Crippen molar-refractivity contribution in [3.05, 3.63) is 59.4 Å². The Balaban J connectivity index is 1.75. The monoisotopic (exact) mass is 414 g/mol. The second kappa shape index (κ2) is 10.2. The van der Waals surface area contributed by atoms with Crippen LogP contribution in [0.1, 0.15) is 24.5 Å². The van der Waals surface area contributed by atoms with Crippen LogP contribution in [-0.2, 0) is 27.3 Å². The highest BCUT2D eigenvalue weighted by Gasteiger charge is 2.25. The van der Waals surface area contributed by atoms with Crippen molar-refractivity contribution in [2.75, 3.05) is 38.3 Å². The van der Waals surface area contributed by atoms with Crippen LogP contribution in [0.3, 0.4) is 0 Å². The summed E-state index contributed by atoms with van der Waals surface area (Å²) in [5.41, 5.74) is 2.77. The van der Waals surface area contributed by atoms with E-state index in [9.17, 15) is 14.0 Å². The Labute approximate surface area is 176 Å². The number of anilines is 1. The second-order valence-electron chi connectivity index (χ2n) is 7.22. The summed E-state index contributed by atoms with van der Waals surface area (Å²) in [6.07, 6.45) is 1.75. The molecule has 1 amide bonds. The molecule has 0 bridgehead atoms. The van der Waals surface area contributed by atoms with E-state index in [1.807, 2.05) is 18.2 Å². The van der Waals surface area contributed by atoms with Crippen LogP contribution in [0.25, 0.3) is 0 Å². The fourth-order valence-electron chi connectivity index (χ4n) is 3.64. The molecule has 0 aromatic heterocycles. The number of rotatable bonds is 8. The number of esters is 1. The Morgan fingerprint density at radius 3 is 2.60 bits per heavy atom. The van der Waals surface area contributed by atoms with E-state index in [1.165, 1.54) is 12.1 Å². The van der Waals surface area contributed by atoms with Crippen LogP contribution in [0.15, 0.2) is 42.5 Å². The molecule has 0 radical (unpaired) electrons. The molecule has 2 aromatic carbocycles. The van der Waals surface area contributed by atoms with Gasteiger partial charge >= 0.3 is 5.97 Å². The summed E-state index contributed by atoms with van der Waals surface area (Å²) in [7, 11) is 1.62. The van der Waals surface area contributed by atoms with Crippen LogP contribution in [0, 0.1) is 5.82 Å². The molecule has 1 aliphatic heterocycles. The maximum Gasteiger partial charge on any atom is 0.320 e. The number of halogens is 1. The number of ether oxygens (including phenoxy) is 2. The molecule has 0 aliphatic carbocycles. The lowest BCUT2D eigenvalue weighted by Gasteiger charge is -2.32. The highest BCUT2D eigenvalue weighted by molar-refractivity contribution is 5.96. The van der Waals surface area contributed by atoms with Gasteiger partial charge < -0.3 is 14.4 Å². The predicted octanol–water partition coefficient (Wildman–Crippen LogP) is 3.18. The summed E-state index contributed by atoms with van der Waals surface area (Å²) < 4.78 is 23.6. The summed E-state index contributed by atoms with van der Waals surface area (Å²) in [4.78, 5) is 28.7. The van der Waals surface area contributed by atoms with Gasteiger partial charge in [-0.3, -0.25) is 14.5 Å². The minimum atomic E-state index is -0.392. The Morgan fingerprint density at radius 2 is 1.90 bits per heavy atom. The molecule has 0 saturated heterocycles. The molecule has 0 spiro atoms. The summed E-state index contributed by atoms with van der Waals surface area (Å²) in [6, 6.07) is 11.8. The van der Waals surface area contributed by atoms with Crippen LogP contribution in [0.2, 0.25) is 0 Å². The summed E-state index contributed by atoms with van der Waals surface area (Å²) in [5.74, 6) is -0.0425. The van der Waals surface area contributed by atoms with E-state index in [0.717, 1.165) is 35.4 Å². The quantitative estimate of drug-likeness (QED) is 0.621. The zero-order valence-corrected chi connectivity index (χ0v) is 17.4. The minimum absolute atomic E-state index is 0.0136. The van der Waals surface area contributed by atoms with Crippen LogP contribution in [0.4, 0.5) is 10.1 Å². The van der Waals surface area contributed by atoms with Gasteiger partial charge in [0.2, 0.25) is 5.91 Å². The molecule has 0 fully saturated rings. The topological polar surface area (TPSA) is 59.1 Å². The van der Waals surface area contributed by atoms with Crippen LogP contribution in [-0.4, -0.2) is 50.1 Å².